The molecule has 0 bridgehead atoms. The van der Waals surface area contributed by atoms with Crippen molar-refractivity contribution in [3.05, 3.63) is 83.9 Å². The number of carboxylic acids is 1. The fourth-order valence-electron chi connectivity index (χ4n) is 4.44. The number of nitrogens with zero attached hydrogens (tertiary/aromatic N) is 1. The molecule has 37 heavy (non-hydrogen) atoms. The fourth-order valence-corrected chi connectivity index (χ4v) is 4.44. The Morgan fingerprint density at radius 1 is 0.946 bits per heavy atom. The molecule has 1 unspecified atom stereocenters. The summed E-state index contributed by atoms with van der Waals surface area (Å²) in [5.41, 5.74) is 3.28. The van der Waals surface area contributed by atoms with Crippen LogP contribution in [0, 0.1) is 0 Å². The van der Waals surface area contributed by atoms with Gasteiger partial charge in [-0.15, -0.1) is 0 Å². The molecule has 0 aliphatic heterocycles. The first kappa shape index (κ1) is 26.3. The van der Waals surface area contributed by atoms with Gasteiger partial charge >= 0.3 is 5.97 Å². The molecule has 1 amide bonds. The van der Waals surface area contributed by atoms with E-state index in [2.05, 4.69) is 0 Å². The summed E-state index contributed by atoms with van der Waals surface area (Å²) in [5, 5.41) is 8.78. The molecule has 4 rings (SSSR count). The van der Waals surface area contributed by atoms with Crippen molar-refractivity contribution in [2.24, 2.45) is 0 Å². The number of methoxy groups -OCH3 is 1. The van der Waals surface area contributed by atoms with Gasteiger partial charge in [-0.2, -0.15) is 0 Å². The zero-order valence-corrected chi connectivity index (χ0v) is 21.1. The molecule has 0 heterocycles. The molecule has 1 atom stereocenters. The third kappa shape index (κ3) is 6.73. The van der Waals surface area contributed by atoms with Gasteiger partial charge in [0.15, 0.2) is 0 Å². The molecule has 6 nitrogen and oxygen atoms in total. The molecule has 190 valence electrons. The smallest absolute Gasteiger partial charge is 0.303 e. The normalized spacial score (nSPS) is 13.5. The molecule has 0 saturated heterocycles. The lowest BCUT2D eigenvalue weighted by molar-refractivity contribution is -0.137. The zero-order chi connectivity index (χ0) is 26.2. The van der Waals surface area contributed by atoms with E-state index in [1.165, 1.54) is 0 Å². The molecule has 0 aromatic heterocycles. The van der Waals surface area contributed by atoms with Crippen LogP contribution in [0.3, 0.4) is 0 Å². The standard InChI is InChI=1S/C30H32BNO5/c1-36-26-11-6-4-9-24(26)21-14-16-22(17-15-21)30(35)32(23-18-19-23)29(31)25-10-5-7-12-27(25)37-20-8-2-3-13-28(33)34/h4-7,9-12,14-17,23,29H,2-3,8,13,18-20H2,1H3,(H,33,34). The number of carbonyl (C=O) groups excluding carboxylic acids is 1. The highest BCUT2D eigenvalue weighted by molar-refractivity contribution is 6.14. The van der Waals surface area contributed by atoms with Gasteiger partial charge in [0.1, 0.15) is 19.3 Å². The van der Waals surface area contributed by atoms with Crippen molar-refractivity contribution in [1.82, 2.24) is 4.90 Å². The molecule has 1 fully saturated rings. The lowest BCUT2D eigenvalue weighted by Crippen LogP contribution is -2.37. The molecule has 7 heteroatoms. The van der Waals surface area contributed by atoms with Crippen LogP contribution in [0.5, 0.6) is 11.5 Å². The number of para-hydroxylation sites is 2. The van der Waals surface area contributed by atoms with E-state index in [-0.39, 0.29) is 18.4 Å². The first-order valence-corrected chi connectivity index (χ1v) is 12.7. The van der Waals surface area contributed by atoms with Crippen LogP contribution in [-0.4, -0.2) is 49.5 Å². The van der Waals surface area contributed by atoms with E-state index in [0.29, 0.717) is 24.3 Å². The quantitative estimate of drug-likeness (QED) is 0.237. The van der Waals surface area contributed by atoms with Gasteiger partial charge in [0, 0.05) is 35.1 Å². The van der Waals surface area contributed by atoms with E-state index < -0.39 is 11.9 Å². The van der Waals surface area contributed by atoms with E-state index in [0.717, 1.165) is 48.1 Å². The van der Waals surface area contributed by atoms with Gasteiger partial charge < -0.3 is 19.5 Å². The molecule has 1 aliphatic carbocycles. The van der Waals surface area contributed by atoms with Crippen LogP contribution in [0.1, 0.15) is 60.4 Å². The summed E-state index contributed by atoms with van der Waals surface area (Å²) in [6.45, 7) is 0.463. The molecule has 1 aliphatic rings. The van der Waals surface area contributed by atoms with Crippen molar-refractivity contribution < 1.29 is 24.2 Å². The Labute approximate surface area is 219 Å². The van der Waals surface area contributed by atoms with Gasteiger partial charge in [-0.3, -0.25) is 9.59 Å². The van der Waals surface area contributed by atoms with E-state index in [1.807, 2.05) is 72.8 Å². The van der Waals surface area contributed by atoms with Crippen molar-refractivity contribution >= 4 is 19.7 Å². The first-order chi connectivity index (χ1) is 18.0. The summed E-state index contributed by atoms with van der Waals surface area (Å²) >= 11 is 0. The highest BCUT2D eigenvalue weighted by Crippen LogP contribution is 2.38. The number of amides is 1. The minimum absolute atomic E-state index is 0.0977. The molecule has 3 aromatic carbocycles. The zero-order valence-electron chi connectivity index (χ0n) is 21.1. The summed E-state index contributed by atoms with van der Waals surface area (Å²) in [5.74, 6) is -0.0986. The predicted octanol–water partition coefficient (Wildman–Crippen LogP) is 5.86. The SMILES string of the molecule is [B]C(c1ccccc1OCCCCCC(=O)O)N(C(=O)c1ccc(-c2ccccc2OC)cc1)C1CC1. The topological polar surface area (TPSA) is 76.1 Å². The second-order valence-corrected chi connectivity index (χ2v) is 9.26. The second-order valence-electron chi connectivity index (χ2n) is 9.26. The van der Waals surface area contributed by atoms with Crippen LogP contribution in [0.4, 0.5) is 0 Å². The van der Waals surface area contributed by atoms with E-state index in [4.69, 9.17) is 22.4 Å². The number of unbranched alkanes of at least 4 members (excludes halogenated alkanes) is 2. The number of hydrogen-bond acceptors (Lipinski definition) is 4. The lowest BCUT2D eigenvalue weighted by Gasteiger charge is -2.31. The molecular weight excluding hydrogens is 465 g/mol. The Morgan fingerprint density at radius 2 is 1.62 bits per heavy atom. The van der Waals surface area contributed by atoms with Crippen LogP contribution in [0.2, 0.25) is 0 Å². The highest BCUT2D eigenvalue weighted by atomic mass is 16.5. The molecular formula is C30H32BNO5. The molecule has 0 spiro atoms. The minimum Gasteiger partial charge on any atom is -0.496 e. The van der Waals surface area contributed by atoms with Crippen LogP contribution in [0.15, 0.2) is 72.8 Å². The average molecular weight is 497 g/mol. The Morgan fingerprint density at radius 3 is 2.30 bits per heavy atom. The van der Waals surface area contributed by atoms with Gasteiger partial charge in [-0.05, 0) is 61.9 Å². The van der Waals surface area contributed by atoms with Gasteiger partial charge in [0.2, 0.25) is 0 Å². The summed E-state index contributed by atoms with van der Waals surface area (Å²) in [7, 11) is 8.35. The van der Waals surface area contributed by atoms with E-state index in [1.54, 1.807) is 12.0 Å². The Balaban J connectivity index is 1.47. The molecule has 1 saturated carbocycles. The maximum atomic E-state index is 13.6. The summed E-state index contributed by atoms with van der Waals surface area (Å²) in [6, 6.07) is 23.0. The minimum atomic E-state index is -0.781. The number of benzene rings is 3. The number of carboxylic acid groups (broad SMARTS) is 1. The summed E-state index contributed by atoms with van der Waals surface area (Å²) < 4.78 is 11.5. The van der Waals surface area contributed by atoms with E-state index in [9.17, 15) is 9.59 Å². The summed E-state index contributed by atoms with van der Waals surface area (Å²) in [6.07, 6.45) is 4.16. The van der Waals surface area contributed by atoms with Crippen LogP contribution in [0.25, 0.3) is 11.1 Å². The number of ether oxygens (including phenoxy) is 2. The van der Waals surface area contributed by atoms with Gasteiger partial charge in [-0.1, -0.05) is 48.5 Å². The predicted molar refractivity (Wildman–Crippen MR) is 144 cm³/mol. The van der Waals surface area contributed by atoms with Crippen LogP contribution in [-0.2, 0) is 4.79 Å². The second kappa shape index (κ2) is 12.5. The number of carbonyl (C=O) groups is 2. The average Bonchev–Trinajstić information content (AvgIpc) is 3.76. The summed E-state index contributed by atoms with van der Waals surface area (Å²) in [4.78, 5) is 26.1. The first-order valence-electron chi connectivity index (χ1n) is 12.7. The molecule has 1 N–H and O–H groups in total. The third-order valence-corrected chi connectivity index (χ3v) is 6.55. The number of hydrogen-bond donors (Lipinski definition) is 1. The van der Waals surface area contributed by atoms with Crippen molar-refractivity contribution in [2.75, 3.05) is 13.7 Å². The van der Waals surface area contributed by atoms with Crippen LogP contribution >= 0.6 is 0 Å². The lowest BCUT2D eigenvalue weighted by atomic mass is 9.86. The largest absolute Gasteiger partial charge is 0.496 e. The third-order valence-electron chi connectivity index (χ3n) is 6.55. The van der Waals surface area contributed by atoms with Crippen molar-refractivity contribution in [2.45, 2.75) is 50.5 Å². The van der Waals surface area contributed by atoms with E-state index >= 15 is 0 Å². The highest BCUT2D eigenvalue weighted by Gasteiger charge is 2.37. The van der Waals surface area contributed by atoms with Gasteiger partial charge in [0.25, 0.3) is 5.91 Å². The molecule has 2 radical (unpaired) electrons. The van der Waals surface area contributed by atoms with Gasteiger partial charge in [0.05, 0.1) is 13.7 Å². The molecule has 3 aromatic rings. The van der Waals surface area contributed by atoms with Crippen molar-refractivity contribution in [3.8, 4) is 22.6 Å². The fraction of sp³-hybridized carbons (Fsp3) is 0.333. The van der Waals surface area contributed by atoms with Crippen LogP contribution < -0.4 is 9.47 Å². The Bertz CT molecular complexity index is 1210. The number of rotatable bonds is 13. The maximum absolute atomic E-state index is 13.6. The number of aliphatic carboxylic acids is 1. The van der Waals surface area contributed by atoms with Crippen molar-refractivity contribution in [1.29, 1.82) is 0 Å². The van der Waals surface area contributed by atoms with Crippen molar-refractivity contribution in [3.63, 3.8) is 0 Å². The van der Waals surface area contributed by atoms with Gasteiger partial charge in [-0.25, -0.2) is 0 Å². The Kier molecular flexibility index (Phi) is 8.88. The monoisotopic (exact) mass is 497 g/mol. The maximum Gasteiger partial charge on any atom is 0.303 e. The Hall–Kier alpha value is -3.74.